The second-order valence-corrected chi connectivity index (χ2v) is 5.86. The molecule has 3 N–H and O–H groups in total. The van der Waals surface area contributed by atoms with Gasteiger partial charge < -0.3 is 16.0 Å². The maximum atomic E-state index is 12.4. The molecule has 23 heavy (non-hydrogen) atoms. The first kappa shape index (κ1) is 15.4. The number of fused-ring (bicyclic) bond motifs is 1. The van der Waals surface area contributed by atoms with Crippen LogP contribution >= 0.6 is 0 Å². The van der Waals surface area contributed by atoms with Gasteiger partial charge in [-0.3, -0.25) is 4.79 Å². The second kappa shape index (κ2) is 6.73. The number of carbonyl (C=O) groups is 1. The fourth-order valence-electron chi connectivity index (χ4n) is 3.08. The van der Waals surface area contributed by atoms with Crippen LogP contribution in [0.4, 0.5) is 17.2 Å². The lowest BCUT2D eigenvalue weighted by Crippen LogP contribution is -2.37. The lowest BCUT2D eigenvalue weighted by atomic mass is 10.00. The number of benzene rings is 1. The molecule has 1 amide bonds. The van der Waals surface area contributed by atoms with Crippen LogP contribution in [0.3, 0.4) is 0 Å². The minimum atomic E-state index is -0.0295. The zero-order chi connectivity index (χ0) is 16.2. The van der Waals surface area contributed by atoms with Crippen LogP contribution in [-0.2, 0) is 17.8 Å². The van der Waals surface area contributed by atoms with Gasteiger partial charge in [0.15, 0.2) is 0 Å². The van der Waals surface area contributed by atoms with E-state index in [0.29, 0.717) is 6.54 Å². The highest BCUT2D eigenvalue weighted by molar-refractivity contribution is 5.93. The third kappa shape index (κ3) is 3.31. The molecule has 1 aromatic heterocycles. The monoisotopic (exact) mass is 313 g/mol. The molecule has 122 valence electrons. The van der Waals surface area contributed by atoms with Gasteiger partial charge in [0.05, 0.1) is 12.7 Å². The van der Waals surface area contributed by atoms with E-state index in [1.807, 2.05) is 28.9 Å². The van der Waals surface area contributed by atoms with Gasteiger partial charge in [-0.15, -0.1) is 0 Å². The molecule has 0 bridgehead atoms. The molecule has 2 aromatic rings. The number of anilines is 3. The number of aryl methyl sites for hydroxylation is 1. The number of rotatable bonds is 5. The first-order chi connectivity index (χ1) is 11.2. The van der Waals surface area contributed by atoms with Crippen LogP contribution in [0.1, 0.15) is 25.3 Å². The smallest absolute Gasteiger partial charge is 0.245 e. The highest BCUT2D eigenvalue weighted by atomic mass is 16.2. The van der Waals surface area contributed by atoms with Gasteiger partial charge in [-0.1, -0.05) is 13.0 Å². The predicted molar refractivity (Wildman–Crippen MR) is 92.5 cm³/mol. The van der Waals surface area contributed by atoms with Crippen LogP contribution in [-0.4, -0.2) is 28.8 Å². The normalized spacial score (nSPS) is 13.7. The van der Waals surface area contributed by atoms with Crippen LogP contribution in [0.5, 0.6) is 0 Å². The standard InChI is InChI=1S/C17H23N5O/c1-2-10-22-16(8-9-19-22)20-17(23)12-21-11-4-5-13-14(18)6-3-7-15(13)21/h3,6-9H,2,4-5,10-12,18H2,1H3,(H,20,23). The molecule has 0 aliphatic carbocycles. The highest BCUT2D eigenvalue weighted by Gasteiger charge is 2.20. The summed E-state index contributed by atoms with van der Waals surface area (Å²) < 4.78 is 1.82. The van der Waals surface area contributed by atoms with Crippen molar-refractivity contribution in [1.82, 2.24) is 9.78 Å². The van der Waals surface area contributed by atoms with Gasteiger partial charge in [0, 0.05) is 30.5 Å². The van der Waals surface area contributed by atoms with Gasteiger partial charge in [-0.2, -0.15) is 5.10 Å². The highest BCUT2D eigenvalue weighted by Crippen LogP contribution is 2.30. The molecule has 2 heterocycles. The second-order valence-electron chi connectivity index (χ2n) is 5.86. The van der Waals surface area contributed by atoms with Crippen LogP contribution in [0.25, 0.3) is 0 Å². The van der Waals surface area contributed by atoms with Crippen LogP contribution in [0, 0.1) is 0 Å². The van der Waals surface area contributed by atoms with Crippen LogP contribution in [0.15, 0.2) is 30.5 Å². The molecular formula is C17H23N5O. The van der Waals surface area contributed by atoms with Crippen molar-refractivity contribution in [3.63, 3.8) is 0 Å². The van der Waals surface area contributed by atoms with Crippen molar-refractivity contribution in [3.05, 3.63) is 36.0 Å². The molecule has 6 nitrogen and oxygen atoms in total. The van der Waals surface area contributed by atoms with E-state index >= 15 is 0 Å². The summed E-state index contributed by atoms with van der Waals surface area (Å²) in [7, 11) is 0. The Balaban J connectivity index is 1.70. The number of hydrogen-bond donors (Lipinski definition) is 2. The Hall–Kier alpha value is -2.50. The topological polar surface area (TPSA) is 76.2 Å². The van der Waals surface area contributed by atoms with Crippen molar-refractivity contribution >= 4 is 23.1 Å². The van der Waals surface area contributed by atoms with Crippen molar-refractivity contribution in [1.29, 1.82) is 0 Å². The number of nitrogens with one attached hydrogen (secondary N) is 1. The van der Waals surface area contributed by atoms with E-state index in [1.54, 1.807) is 6.20 Å². The number of carbonyl (C=O) groups excluding carboxylic acids is 1. The average molecular weight is 313 g/mol. The minimum Gasteiger partial charge on any atom is -0.398 e. The summed E-state index contributed by atoms with van der Waals surface area (Å²) in [6.45, 7) is 4.08. The van der Waals surface area contributed by atoms with E-state index in [-0.39, 0.29) is 5.91 Å². The summed E-state index contributed by atoms with van der Waals surface area (Å²) in [6.07, 6.45) is 4.68. The van der Waals surface area contributed by atoms with E-state index < -0.39 is 0 Å². The first-order valence-corrected chi connectivity index (χ1v) is 8.13. The van der Waals surface area contributed by atoms with Gasteiger partial charge >= 0.3 is 0 Å². The Morgan fingerprint density at radius 2 is 2.26 bits per heavy atom. The number of amides is 1. The fourth-order valence-corrected chi connectivity index (χ4v) is 3.08. The van der Waals surface area contributed by atoms with Gasteiger partial charge in [-0.25, -0.2) is 4.68 Å². The average Bonchev–Trinajstić information content (AvgIpc) is 2.96. The Labute approximate surface area is 136 Å². The lowest BCUT2D eigenvalue weighted by molar-refractivity contribution is -0.115. The summed E-state index contributed by atoms with van der Waals surface area (Å²) >= 11 is 0. The van der Waals surface area contributed by atoms with E-state index in [4.69, 9.17) is 5.73 Å². The van der Waals surface area contributed by atoms with E-state index in [1.165, 1.54) is 0 Å². The Kier molecular flexibility index (Phi) is 4.50. The van der Waals surface area contributed by atoms with Crippen molar-refractivity contribution in [2.45, 2.75) is 32.7 Å². The first-order valence-electron chi connectivity index (χ1n) is 8.13. The zero-order valence-corrected chi connectivity index (χ0v) is 13.5. The molecule has 0 fully saturated rings. The Morgan fingerprint density at radius 1 is 1.39 bits per heavy atom. The molecule has 0 saturated heterocycles. The molecule has 1 aliphatic heterocycles. The van der Waals surface area contributed by atoms with E-state index in [2.05, 4.69) is 22.2 Å². The van der Waals surface area contributed by atoms with Gasteiger partial charge in [0.25, 0.3) is 0 Å². The van der Waals surface area contributed by atoms with Crippen molar-refractivity contribution < 1.29 is 4.79 Å². The molecule has 3 rings (SSSR count). The lowest BCUT2D eigenvalue weighted by Gasteiger charge is -2.31. The van der Waals surface area contributed by atoms with Gasteiger partial charge in [0.2, 0.25) is 5.91 Å². The zero-order valence-electron chi connectivity index (χ0n) is 13.5. The van der Waals surface area contributed by atoms with E-state index in [0.717, 1.165) is 55.1 Å². The molecule has 0 unspecified atom stereocenters. The predicted octanol–water partition coefficient (Wildman–Crippen LogP) is 2.27. The SMILES string of the molecule is CCCn1nccc1NC(=O)CN1CCCc2c(N)cccc21. The number of hydrogen-bond acceptors (Lipinski definition) is 4. The van der Waals surface area contributed by atoms with Crippen molar-refractivity contribution in [2.24, 2.45) is 0 Å². The summed E-state index contributed by atoms with van der Waals surface area (Å²) in [5, 5.41) is 7.18. The van der Waals surface area contributed by atoms with Crippen LogP contribution in [0.2, 0.25) is 0 Å². The minimum absolute atomic E-state index is 0.0295. The van der Waals surface area contributed by atoms with Crippen molar-refractivity contribution in [3.8, 4) is 0 Å². The molecule has 0 atom stereocenters. The molecule has 1 aromatic carbocycles. The molecular weight excluding hydrogens is 290 g/mol. The largest absolute Gasteiger partial charge is 0.398 e. The van der Waals surface area contributed by atoms with Gasteiger partial charge in [-0.05, 0) is 37.0 Å². The van der Waals surface area contributed by atoms with E-state index in [9.17, 15) is 4.79 Å². The fraction of sp³-hybridized carbons (Fsp3) is 0.412. The Morgan fingerprint density at radius 3 is 3.09 bits per heavy atom. The summed E-state index contributed by atoms with van der Waals surface area (Å²) in [6, 6.07) is 7.74. The number of aromatic nitrogens is 2. The third-order valence-corrected chi connectivity index (χ3v) is 4.14. The summed E-state index contributed by atoms with van der Waals surface area (Å²) in [5.74, 6) is 0.722. The van der Waals surface area contributed by atoms with Crippen molar-refractivity contribution in [2.75, 3.05) is 29.0 Å². The molecule has 6 heteroatoms. The molecule has 0 spiro atoms. The molecule has 0 radical (unpaired) electrons. The maximum Gasteiger partial charge on any atom is 0.245 e. The quantitative estimate of drug-likeness (QED) is 0.830. The number of nitrogen functional groups attached to an aromatic ring is 1. The van der Waals surface area contributed by atoms with Gasteiger partial charge in [0.1, 0.15) is 5.82 Å². The number of nitrogens with zero attached hydrogens (tertiary/aromatic N) is 3. The Bertz CT molecular complexity index is 694. The molecule has 1 aliphatic rings. The maximum absolute atomic E-state index is 12.4. The summed E-state index contributed by atoms with van der Waals surface area (Å²) in [5.41, 5.74) is 9.10. The molecule has 0 saturated carbocycles. The number of nitrogens with two attached hydrogens (primary N) is 1. The third-order valence-electron chi connectivity index (χ3n) is 4.14. The summed E-state index contributed by atoms with van der Waals surface area (Å²) in [4.78, 5) is 14.5. The van der Waals surface area contributed by atoms with Crippen LogP contribution < -0.4 is 16.0 Å².